The average molecular weight is 640 g/mol. The van der Waals surface area contributed by atoms with Crippen molar-refractivity contribution in [2.45, 2.75) is 70.9 Å². The fourth-order valence-electron chi connectivity index (χ4n) is 6.32. The number of likely N-dealkylation sites (tertiary alicyclic amines) is 1. The van der Waals surface area contributed by atoms with Crippen LogP contribution < -0.4 is 9.47 Å². The van der Waals surface area contributed by atoms with Crippen molar-refractivity contribution >= 4 is 28.6 Å². The smallest absolute Gasteiger partial charge is 0.335 e. The van der Waals surface area contributed by atoms with Gasteiger partial charge < -0.3 is 23.9 Å². The SMILES string of the molecule is CC.CC1(c2ccc(Cl)cc2F)Oc2c(F)ccc(C3CCN(Cc4nc5ccc(C(=O)O)cc5n4CC4CCO4)CC3)c2O1. The molecule has 0 amide bonds. The third-order valence-corrected chi connectivity index (χ3v) is 8.99. The normalized spacial score (nSPS) is 21.3. The van der Waals surface area contributed by atoms with Gasteiger partial charge in [-0.1, -0.05) is 31.5 Å². The number of aromatic carboxylic acids is 1. The highest BCUT2D eigenvalue weighted by Crippen LogP contribution is 2.51. The minimum atomic E-state index is -1.53. The van der Waals surface area contributed by atoms with E-state index in [2.05, 4.69) is 9.47 Å². The summed E-state index contributed by atoms with van der Waals surface area (Å²) in [6, 6.07) is 12.4. The number of fused-ring (bicyclic) bond motifs is 2. The minimum Gasteiger partial charge on any atom is -0.478 e. The van der Waals surface area contributed by atoms with E-state index >= 15 is 0 Å². The van der Waals surface area contributed by atoms with E-state index in [1.807, 2.05) is 13.8 Å². The van der Waals surface area contributed by atoms with Gasteiger partial charge in [0.25, 0.3) is 5.79 Å². The summed E-state index contributed by atoms with van der Waals surface area (Å²) >= 11 is 5.93. The van der Waals surface area contributed by atoms with E-state index in [1.54, 1.807) is 37.3 Å². The highest BCUT2D eigenvalue weighted by Gasteiger charge is 2.44. The van der Waals surface area contributed by atoms with Crippen LogP contribution in [0.1, 0.15) is 73.3 Å². The van der Waals surface area contributed by atoms with Gasteiger partial charge in [-0.05, 0) is 80.7 Å². The molecular weight excluding hydrogens is 604 g/mol. The first-order valence-electron chi connectivity index (χ1n) is 15.4. The predicted octanol–water partition coefficient (Wildman–Crippen LogP) is 7.50. The van der Waals surface area contributed by atoms with Gasteiger partial charge in [0.1, 0.15) is 11.6 Å². The Morgan fingerprint density at radius 3 is 2.42 bits per heavy atom. The Balaban J connectivity index is 0.00000175. The van der Waals surface area contributed by atoms with Crippen molar-refractivity contribution in [2.75, 3.05) is 19.7 Å². The topological polar surface area (TPSA) is 86.1 Å². The lowest BCUT2D eigenvalue weighted by molar-refractivity contribution is -0.0724. The maximum atomic E-state index is 14.9. The molecule has 0 aliphatic carbocycles. The zero-order valence-corrected chi connectivity index (χ0v) is 26.2. The molecule has 4 aromatic rings. The van der Waals surface area contributed by atoms with E-state index in [9.17, 15) is 18.7 Å². The van der Waals surface area contributed by atoms with E-state index < -0.39 is 23.4 Å². The lowest BCUT2D eigenvalue weighted by Gasteiger charge is -2.33. The van der Waals surface area contributed by atoms with Gasteiger partial charge in [-0.15, -0.1) is 0 Å². The maximum absolute atomic E-state index is 14.9. The second-order valence-electron chi connectivity index (χ2n) is 11.5. The van der Waals surface area contributed by atoms with Gasteiger partial charge >= 0.3 is 5.97 Å². The molecule has 238 valence electrons. The number of hydrogen-bond acceptors (Lipinski definition) is 6. The molecule has 3 aliphatic rings. The number of aromatic nitrogens is 2. The molecule has 1 aromatic heterocycles. The summed E-state index contributed by atoms with van der Waals surface area (Å²) in [7, 11) is 0. The highest BCUT2D eigenvalue weighted by atomic mass is 35.5. The molecule has 0 radical (unpaired) electrons. The Morgan fingerprint density at radius 2 is 1.76 bits per heavy atom. The molecule has 0 bridgehead atoms. The van der Waals surface area contributed by atoms with E-state index in [0.29, 0.717) is 18.8 Å². The molecule has 2 atom stereocenters. The standard InChI is InChI=1S/C32H30ClF2N3O5.C2H6/c1-32(23-5-3-20(33)15-25(23)35)42-29-22(4-6-24(34)30(29)43-32)18-8-11-37(12-9-18)17-28-36-26-7-2-19(31(39)40)14-27(26)38(28)16-21-10-13-41-21;1-2/h2-7,14-15,18,21H,8-13,16-17H2,1H3,(H,39,40);1-2H3. The Hall–Kier alpha value is -3.73. The molecule has 2 unspecified atom stereocenters. The molecule has 4 heterocycles. The van der Waals surface area contributed by atoms with Gasteiger partial charge in [-0.2, -0.15) is 0 Å². The largest absolute Gasteiger partial charge is 0.478 e. The zero-order chi connectivity index (χ0) is 31.9. The molecule has 2 fully saturated rings. The van der Waals surface area contributed by atoms with Gasteiger partial charge in [0, 0.05) is 24.1 Å². The Bertz CT molecular complexity index is 1730. The summed E-state index contributed by atoms with van der Waals surface area (Å²) in [4.78, 5) is 18.8. The molecule has 0 saturated carbocycles. The number of rotatable bonds is 7. The van der Waals surface area contributed by atoms with Gasteiger partial charge in [-0.25, -0.2) is 18.6 Å². The van der Waals surface area contributed by atoms with E-state index in [4.69, 9.17) is 30.8 Å². The van der Waals surface area contributed by atoms with Crippen molar-refractivity contribution in [2.24, 2.45) is 0 Å². The first kappa shape index (κ1) is 31.3. The molecule has 1 N–H and O–H groups in total. The highest BCUT2D eigenvalue weighted by molar-refractivity contribution is 6.30. The quantitative estimate of drug-likeness (QED) is 0.224. The third-order valence-electron chi connectivity index (χ3n) is 8.75. The third kappa shape index (κ3) is 5.98. The monoisotopic (exact) mass is 639 g/mol. The first-order chi connectivity index (χ1) is 21.7. The summed E-state index contributed by atoms with van der Waals surface area (Å²) < 4.78 is 49.6. The number of nitrogens with zero attached hydrogens (tertiary/aromatic N) is 3. The second-order valence-corrected chi connectivity index (χ2v) is 12.0. The lowest BCUT2D eigenvalue weighted by Crippen LogP contribution is -2.35. The molecule has 8 nitrogen and oxygen atoms in total. The fraction of sp³-hybridized carbons (Fsp3) is 0.412. The van der Waals surface area contributed by atoms with Gasteiger partial charge in [0.15, 0.2) is 11.6 Å². The minimum absolute atomic E-state index is 0.00978. The number of carboxylic acid groups (broad SMARTS) is 1. The Kier molecular flexibility index (Phi) is 8.74. The van der Waals surface area contributed by atoms with Crippen LogP contribution in [0.3, 0.4) is 0 Å². The van der Waals surface area contributed by atoms with Crippen LogP contribution in [0.15, 0.2) is 48.5 Å². The number of imidazole rings is 1. The molecule has 2 saturated heterocycles. The number of halogens is 3. The van der Waals surface area contributed by atoms with Gasteiger partial charge in [0.05, 0.1) is 41.4 Å². The Morgan fingerprint density at radius 1 is 1.02 bits per heavy atom. The number of carboxylic acids is 1. The maximum Gasteiger partial charge on any atom is 0.335 e. The van der Waals surface area contributed by atoms with Crippen molar-refractivity contribution in [1.82, 2.24) is 14.5 Å². The number of hydrogen-bond donors (Lipinski definition) is 1. The predicted molar refractivity (Wildman–Crippen MR) is 166 cm³/mol. The molecule has 3 aliphatic heterocycles. The van der Waals surface area contributed by atoms with Crippen LogP contribution in [0, 0.1) is 11.6 Å². The van der Waals surface area contributed by atoms with Crippen LogP contribution in [0.2, 0.25) is 5.02 Å². The number of ether oxygens (including phenoxy) is 3. The Labute approximate surface area is 265 Å². The summed E-state index contributed by atoms with van der Waals surface area (Å²) in [5.74, 6) is -2.40. The van der Waals surface area contributed by atoms with Crippen LogP contribution in [-0.2, 0) is 23.6 Å². The molecule has 45 heavy (non-hydrogen) atoms. The molecule has 3 aromatic carbocycles. The lowest BCUT2D eigenvalue weighted by atomic mass is 9.88. The zero-order valence-electron chi connectivity index (χ0n) is 25.5. The number of piperidine rings is 1. The summed E-state index contributed by atoms with van der Waals surface area (Å²) in [6.07, 6.45) is 2.64. The van der Waals surface area contributed by atoms with Crippen molar-refractivity contribution < 1.29 is 32.9 Å². The van der Waals surface area contributed by atoms with Crippen molar-refractivity contribution in [3.8, 4) is 11.5 Å². The summed E-state index contributed by atoms with van der Waals surface area (Å²) in [5, 5.41) is 9.77. The van der Waals surface area contributed by atoms with E-state index in [1.165, 1.54) is 18.2 Å². The number of carbonyl (C=O) groups is 1. The second kappa shape index (κ2) is 12.6. The fourth-order valence-corrected chi connectivity index (χ4v) is 6.48. The van der Waals surface area contributed by atoms with Crippen LogP contribution in [-0.4, -0.2) is 51.3 Å². The first-order valence-corrected chi connectivity index (χ1v) is 15.8. The summed E-state index contributed by atoms with van der Waals surface area (Å²) in [5.41, 5.74) is 2.75. The molecule has 11 heteroatoms. The molecule has 7 rings (SSSR count). The van der Waals surface area contributed by atoms with Crippen molar-refractivity contribution in [3.63, 3.8) is 0 Å². The molecule has 0 spiro atoms. The van der Waals surface area contributed by atoms with Crippen LogP contribution in [0.5, 0.6) is 11.5 Å². The molecular formula is C34H36ClF2N3O5. The summed E-state index contributed by atoms with van der Waals surface area (Å²) in [6.45, 7) is 9.07. The average Bonchev–Trinajstić information content (AvgIpc) is 3.54. The van der Waals surface area contributed by atoms with Crippen LogP contribution in [0.25, 0.3) is 11.0 Å². The van der Waals surface area contributed by atoms with Crippen molar-refractivity contribution in [1.29, 1.82) is 0 Å². The van der Waals surface area contributed by atoms with E-state index in [0.717, 1.165) is 61.4 Å². The van der Waals surface area contributed by atoms with Gasteiger partial charge in [-0.3, -0.25) is 4.90 Å². The van der Waals surface area contributed by atoms with Crippen LogP contribution in [0.4, 0.5) is 8.78 Å². The van der Waals surface area contributed by atoms with E-state index in [-0.39, 0.29) is 33.9 Å². The van der Waals surface area contributed by atoms with Crippen LogP contribution >= 0.6 is 11.6 Å². The van der Waals surface area contributed by atoms with Crippen molar-refractivity contribution in [3.05, 3.63) is 87.7 Å². The van der Waals surface area contributed by atoms with Gasteiger partial charge in [0.2, 0.25) is 5.75 Å². The number of benzene rings is 3.